The van der Waals surface area contributed by atoms with Crippen molar-refractivity contribution in [1.82, 2.24) is 5.32 Å². The summed E-state index contributed by atoms with van der Waals surface area (Å²) in [6, 6.07) is -1.74. The molecule has 0 aromatic carbocycles. The minimum atomic E-state index is -0.985. The summed E-state index contributed by atoms with van der Waals surface area (Å²) >= 11 is 0. The lowest BCUT2D eigenvalue weighted by molar-refractivity contribution is -0.146. The number of carbonyl (C=O) groups excluding carboxylic acids is 2. The van der Waals surface area contributed by atoms with Gasteiger partial charge in [0.25, 0.3) is 0 Å². The van der Waals surface area contributed by atoms with E-state index >= 15 is 0 Å². The summed E-state index contributed by atoms with van der Waals surface area (Å²) in [6.07, 6.45) is 0. The topological polar surface area (TPSA) is 84.8 Å². The predicted molar refractivity (Wildman–Crippen MR) is 63.2 cm³/mol. The van der Waals surface area contributed by atoms with Crippen molar-refractivity contribution in [3.05, 3.63) is 4.91 Å². The quantitative estimate of drug-likeness (QED) is 0.560. The molecule has 17 heavy (non-hydrogen) atoms. The molecule has 0 rings (SSSR count). The lowest BCUT2D eigenvalue weighted by Gasteiger charge is -2.22. The van der Waals surface area contributed by atoms with Gasteiger partial charge >= 0.3 is 5.97 Å². The van der Waals surface area contributed by atoms with Gasteiger partial charge in [-0.25, -0.2) is 4.79 Å². The van der Waals surface area contributed by atoms with Gasteiger partial charge in [-0.1, -0.05) is 32.9 Å². The number of nitrogens with one attached hydrogen (secondary N) is 1. The fourth-order valence-corrected chi connectivity index (χ4v) is 1.34. The number of hydrogen-bond acceptors (Lipinski definition) is 5. The van der Waals surface area contributed by atoms with Gasteiger partial charge in [-0.3, -0.25) is 4.79 Å². The number of carbonyl (C=O) groups is 2. The Morgan fingerprint density at radius 3 is 1.94 bits per heavy atom. The van der Waals surface area contributed by atoms with Gasteiger partial charge < -0.3 is 10.1 Å². The summed E-state index contributed by atoms with van der Waals surface area (Å²) in [5.74, 6) is -1.40. The maximum atomic E-state index is 11.7. The molecule has 6 nitrogen and oxygen atoms in total. The number of nitroso groups, excluding NO2 is 1. The highest BCUT2D eigenvalue weighted by Gasteiger charge is 2.30. The summed E-state index contributed by atoms with van der Waals surface area (Å²) in [7, 11) is 1.25. The molecule has 0 aliphatic rings. The van der Waals surface area contributed by atoms with Crippen molar-refractivity contribution in [1.29, 1.82) is 0 Å². The third-order valence-corrected chi connectivity index (χ3v) is 2.43. The van der Waals surface area contributed by atoms with Crippen LogP contribution in [0.3, 0.4) is 0 Å². The molecule has 0 aliphatic heterocycles. The van der Waals surface area contributed by atoms with E-state index in [0.717, 1.165) is 0 Å². The molecule has 6 heteroatoms. The zero-order valence-electron chi connectivity index (χ0n) is 10.9. The first-order valence-electron chi connectivity index (χ1n) is 5.55. The van der Waals surface area contributed by atoms with E-state index in [1.807, 2.05) is 0 Å². The van der Waals surface area contributed by atoms with Crippen LogP contribution < -0.4 is 5.32 Å². The third-order valence-electron chi connectivity index (χ3n) is 2.43. The third kappa shape index (κ3) is 4.50. The molecule has 0 saturated carbocycles. The lowest BCUT2D eigenvalue weighted by atomic mass is 10.0. The molecule has 0 bridgehead atoms. The van der Waals surface area contributed by atoms with Crippen LogP contribution in [0.2, 0.25) is 0 Å². The Kier molecular flexibility index (Phi) is 6.38. The van der Waals surface area contributed by atoms with Crippen molar-refractivity contribution in [3.63, 3.8) is 0 Å². The van der Waals surface area contributed by atoms with Crippen molar-refractivity contribution < 1.29 is 14.3 Å². The second kappa shape index (κ2) is 6.98. The van der Waals surface area contributed by atoms with Gasteiger partial charge in [-0.2, -0.15) is 0 Å². The Balaban J connectivity index is 4.71. The van der Waals surface area contributed by atoms with E-state index in [0.29, 0.717) is 0 Å². The van der Waals surface area contributed by atoms with E-state index in [1.54, 1.807) is 27.7 Å². The van der Waals surface area contributed by atoms with Crippen LogP contribution in [0.1, 0.15) is 27.7 Å². The molecule has 0 aromatic rings. The Morgan fingerprint density at radius 2 is 1.65 bits per heavy atom. The van der Waals surface area contributed by atoms with Gasteiger partial charge in [-0.15, -0.1) is 4.91 Å². The van der Waals surface area contributed by atoms with E-state index in [2.05, 4.69) is 15.2 Å². The molecule has 0 radical (unpaired) electrons. The summed E-state index contributed by atoms with van der Waals surface area (Å²) in [4.78, 5) is 33.7. The van der Waals surface area contributed by atoms with Gasteiger partial charge in [0, 0.05) is 0 Å². The Bertz CT molecular complexity index is 289. The van der Waals surface area contributed by atoms with Crippen LogP contribution in [0.25, 0.3) is 0 Å². The maximum Gasteiger partial charge on any atom is 0.328 e. The second-order valence-electron chi connectivity index (χ2n) is 4.55. The highest BCUT2D eigenvalue weighted by molar-refractivity contribution is 5.87. The summed E-state index contributed by atoms with van der Waals surface area (Å²) in [5.41, 5.74) is 0. The van der Waals surface area contributed by atoms with E-state index in [-0.39, 0.29) is 11.8 Å². The lowest BCUT2D eigenvalue weighted by Crippen LogP contribution is -2.49. The molecule has 2 unspecified atom stereocenters. The van der Waals surface area contributed by atoms with Crippen LogP contribution in [0.4, 0.5) is 0 Å². The first kappa shape index (κ1) is 15.5. The highest BCUT2D eigenvalue weighted by atomic mass is 16.5. The second-order valence-corrected chi connectivity index (χ2v) is 4.55. The van der Waals surface area contributed by atoms with Crippen LogP contribution in [0, 0.1) is 16.7 Å². The average Bonchev–Trinajstić information content (AvgIpc) is 2.24. The molecule has 2 atom stereocenters. The number of nitrogens with zero attached hydrogens (tertiary/aromatic N) is 1. The van der Waals surface area contributed by atoms with Gasteiger partial charge in [0.2, 0.25) is 5.91 Å². The molecular weight excluding hydrogens is 224 g/mol. The number of methoxy groups -OCH3 is 1. The summed E-state index contributed by atoms with van der Waals surface area (Å²) in [5, 5.41) is 5.26. The Labute approximate surface area is 101 Å². The predicted octanol–water partition coefficient (Wildman–Crippen LogP) is 1.09. The number of hydrogen-bond donors (Lipinski definition) is 1. The van der Waals surface area contributed by atoms with Gasteiger partial charge in [-0.05, 0) is 11.8 Å². The van der Waals surface area contributed by atoms with E-state index in [4.69, 9.17) is 0 Å². The molecule has 0 aliphatic carbocycles. The Morgan fingerprint density at radius 1 is 1.12 bits per heavy atom. The van der Waals surface area contributed by atoms with Crippen LogP contribution in [-0.2, 0) is 14.3 Å². The first-order chi connectivity index (χ1) is 7.84. The monoisotopic (exact) mass is 244 g/mol. The zero-order chi connectivity index (χ0) is 13.6. The standard InChI is InChI=1S/C11H20N2O4/c1-6(2)8(13-16)10(14)12-9(7(3)4)11(15)17-5/h6-9H,1-5H3,(H,12,14). The average molecular weight is 244 g/mol. The molecular formula is C11H20N2O4. The highest BCUT2D eigenvalue weighted by Crippen LogP contribution is 2.09. The molecule has 0 spiro atoms. The maximum absolute atomic E-state index is 11.7. The number of esters is 1. The summed E-state index contributed by atoms with van der Waals surface area (Å²) in [6.45, 7) is 6.99. The van der Waals surface area contributed by atoms with Crippen molar-refractivity contribution in [2.75, 3.05) is 7.11 Å². The van der Waals surface area contributed by atoms with Crippen LogP contribution in [0.5, 0.6) is 0 Å². The molecule has 0 saturated heterocycles. The first-order valence-corrected chi connectivity index (χ1v) is 5.55. The minimum Gasteiger partial charge on any atom is -0.467 e. The molecule has 0 heterocycles. The minimum absolute atomic E-state index is 0.120. The normalized spacial score (nSPS) is 14.3. The van der Waals surface area contributed by atoms with Gasteiger partial charge in [0.15, 0.2) is 6.04 Å². The fourth-order valence-electron chi connectivity index (χ4n) is 1.34. The van der Waals surface area contributed by atoms with Crippen molar-refractivity contribution in [2.45, 2.75) is 39.8 Å². The van der Waals surface area contributed by atoms with E-state index in [9.17, 15) is 14.5 Å². The molecule has 0 aromatic heterocycles. The van der Waals surface area contributed by atoms with E-state index < -0.39 is 24.0 Å². The molecule has 1 N–H and O–H groups in total. The van der Waals surface area contributed by atoms with Crippen molar-refractivity contribution in [2.24, 2.45) is 17.0 Å². The van der Waals surface area contributed by atoms with Gasteiger partial charge in [0.05, 0.1) is 7.11 Å². The van der Waals surface area contributed by atoms with Crippen LogP contribution in [-0.4, -0.2) is 31.1 Å². The van der Waals surface area contributed by atoms with E-state index in [1.165, 1.54) is 7.11 Å². The molecule has 1 amide bonds. The smallest absolute Gasteiger partial charge is 0.328 e. The number of rotatable bonds is 6. The van der Waals surface area contributed by atoms with Crippen molar-refractivity contribution >= 4 is 11.9 Å². The van der Waals surface area contributed by atoms with Crippen molar-refractivity contribution in [3.8, 4) is 0 Å². The number of amides is 1. The SMILES string of the molecule is COC(=O)C(NC(=O)C(N=O)C(C)C)C(C)C. The van der Waals surface area contributed by atoms with Crippen LogP contribution >= 0.6 is 0 Å². The largest absolute Gasteiger partial charge is 0.467 e. The molecule has 0 fully saturated rings. The number of ether oxygens (including phenoxy) is 1. The Hall–Kier alpha value is -1.46. The van der Waals surface area contributed by atoms with Gasteiger partial charge in [0.1, 0.15) is 6.04 Å². The fraction of sp³-hybridized carbons (Fsp3) is 0.818. The molecule has 98 valence electrons. The zero-order valence-corrected chi connectivity index (χ0v) is 10.9. The summed E-state index contributed by atoms with van der Waals surface area (Å²) < 4.78 is 4.59. The van der Waals surface area contributed by atoms with Crippen LogP contribution in [0.15, 0.2) is 5.18 Å².